The van der Waals surface area contributed by atoms with Gasteiger partial charge >= 0.3 is 0 Å². The molecule has 0 aliphatic carbocycles. The fourth-order valence-electron chi connectivity index (χ4n) is 1.72. The molecule has 0 bridgehead atoms. The Bertz CT molecular complexity index is 601. The Morgan fingerprint density at radius 1 is 1.24 bits per heavy atom. The number of ether oxygens (including phenoxy) is 1. The number of hydrogen-bond acceptors (Lipinski definition) is 3. The van der Waals surface area contributed by atoms with Crippen molar-refractivity contribution in [3.05, 3.63) is 54.3 Å². The molecule has 1 N–H and O–H groups in total. The number of carbonyl (C=O) groups is 1. The Labute approximate surface area is 127 Å². The van der Waals surface area contributed by atoms with Gasteiger partial charge in [-0.1, -0.05) is 6.07 Å². The first-order chi connectivity index (χ1) is 10.2. The summed E-state index contributed by atoms with van der Waals surface area (Å²) in [6.07, 6.45) is 2.22. The van der Waals surface area contributed by atoms with Crippen molar-refractivity contribution in [3.8, 4) is 5.75 Å². The van der Waals surface area contributed by atoms with Gasteiger partial charge in [0.05, 0.1) is 13.0 Å². The first kappa shape index (κ1) is 15.4. The second-order valence-electron chi connectivity index (χ2n) is 4.33. The Kier molecular flexibility index (Phi) is 5.63. The lowest BCUT2D eigenvalue weighted by molar-refractivity contribution is -0.116. The van der Waals surface area contributed by atoms with Crippen LogP contribution in [-0.4, -0.2) is 18.8 Å². The quantitative estimate of drug-likeness (QED) is 0.821. The number of amides is 1. The van der Waals surface area contributed by atoms with Gasteiger partial charge in [0.15, 0.2) is 0 Å². The fourth-order valence-corrected chi connectivity index (χ4v) is 2.18. The molecule has 0 spiro atoms. The second kappa shape index (κ2) is 7.69. The van der Waals surface area contributed by atoms with Crippen LogP contribution in [0.1, 0.15) is 6.42 Å². The molecule has 0 saturated heterocycles. The first-order valence-corrected chi connectivity index (χ1v) is 7.72. The van der Waals surface area contributed by atoms with Crippen molar-refractivity contribution >= 4 is 23.4 Å². The molecule has 0 heterocycles. The van der Waals surface area contributed by atoms with Gasteiger partial charge in [-0.3, -0.25) is 4.79 Å². The third kappa shape index (κ3) is 5.11. The molecule has 5 heteroatoms. The van der Waals surface area contributed by atoms with Gasteiger partial charge < -0.3 is 10.1 Å². The molecule has 2 aromatic carbocycles. The van der Waals surface area contributed by atoms with Crippen molar-refractivity contribution in [3.63, 3.8) is 0 Å². The lowest BCUT2D eigenvalue weighted by Crippen LogP contribution is -2.15. The predicted molar refractivity (Wildman–Crippen MR) is 83.4 cm³/mol. The lowest BCUT2D eigenvalue weighted by Gasteiger charge is -2.08. The van der Waals surface area contributed by atoms with E-state index in [9.17, 15) is 9.18 Å². The maximum Gasteiger partial charge on any atom is 0.227 e. The number of thioether (sulfide) groups is 1. The number of rotatable bonds is 6. The number of halogens is 1. The van der Waals surface area contributed by atoms with Crippen molar-refractivity contribution in [2.75, 3.05) is 18.2 Å². The van der Waals surface area contributed by atoms with Gasteiger partial charge in [0.2, 0.25) is 5.91 Å². The summed E-state index contributed by atoms with van der Waals surface area (Å²) in [5, 5.41) is 2.82. The summed E-state index contributed by atoms with van der Waals surface area (Å²) in [5.41, 5.74) is 0.772. The van der Waals surface area contributed by atoms with Crippen molar-refractivity contribution in [2.45, 2.75) is 11.3 Å². The molecule has 21 heavy (non-hydrogen) atoms. The van der Waals surface area contributed by atoms with Crippen LogP contribution in [0.2, 0.25) is 0 Å². The van der Waals surface area contributed by atoms with E-state index in [4.69, 9.17) is 4.74 Å². The Morgan fingerprint density at radius 2 is 2.00 bits per heavy atom. The van der Waals surface area contributed by atoms with Gasteiger partial charge in [0.25, 0.3) is 0 Å². The first-order valence-electron chi connectivity index (χ1n) is 6.49. The third-order valence-corrected chi connectivity index (χ3v) is 3.49. The molecule has 2 rings (SSSR count). The molecule has 110 valence electrons. The van der Waals surface area contributed by atoms with E-state index in [2.05, 4.69) is 5.32 Å². The summed E-state index contributed by atoms with van der Waals surface area (Å²) in [6, 6.07) is 13.4. The van der Waals surface area contributed by atoms with Crippen LogP contribution in [0.15, 0.2) is 53.4 Å². The summed E-state index contributed by atoms with van der Waals surface area (Å²) in [4.78, 5) is 12.9. The van der Waals surface area contributed by atoms with Gasteiger partial charge in [-0.15, -0.1) is 11.8 Å². The van der Waals surface area contributed by atoms with E-state index >= 15 is 0 Å². The molecule has 0 fully saturated rings. The highest BCUT2D eigenvalue weighted by atomic mass is 32.2. The summed E-state index contributed by atoms with van der Waals surface area (Å²) < 4.78 is 18.1. The zero-order valence-electron chi connectivity index (χ0n) is 11.6. The van der Waals surface area contributed by atoms with E-state index in [0.717, 1.165) is 10.6 Å². The maximum atomic E-state index is 12.7. The van der Waals surface area contributed by atoms with Crippen molar-refractivity contribution in [1.82, 2.24) is 0 Å². The molecule has 0 unspecified atom stereocenters. The molecule has 3 nitrogen and oxygen atoms in total. The smallest absolute Gasteiger partial charge is 0.227 e. The fraction of sp³-hybridized carbons (Fsp3) is 0.188. The van der Waals surface area contributed by atoms with Crippen LogP contribution in [0.25, 0.3) is 0 Å². The number of hydrogen-bond donors (Lipinski definition) is 1. The van der Waals surface area contributed by atoms with E-state index in [1.807, 2.05) is 30.5 Å². The second-order valence-corrected chi connectivity index (χ2v) is 5.21. The van der Waals surface area contributed by atoms with E-state index in [1.165, 1.54) is 24.3 Å². The molecular weight excluding hydrogens is 289 g/mol. The van der Waals surface area contributed by atoms with Crippen molar-refractivity contribution in [1.29, 1.82) is 0 Å². The van der Waals surface area contributed by atoms with Crippen LogP contribution in [0.4, 0.5) is 10.1 Å². The number of benzene rings is 2. The topological polar surface area (TPSA) is 38.3 Å². The highest BCUT2D eigenvalue weighted by molar-refractivity contribution is 7.98. The predicted octanol–water partition coefficient (Wildman–Crippen LogP) is 3.96. The van der Waals surface area contributed by atoms with Gasteiger partial charge in [0, 0.05) is 10.6 Å². The number of carbonyl (C=O) groups excluding carboxylic acids is 1. The highest BCUT2D eigenvalue weighted by Crippen LogP contribution is 2.19. The van der Waals surface area contributed by atoms with Gasteiger partial charge in [-0.05, 0) is 48.7 Å². The average Bonchev–Trinajstić information content (AvgIpc) is 2.49. The molecule has 0 atom stereocenters. The highest BCUT2D eigenvalue weighted by Gasteiger charge is 2.04. The van der Waals surface area contributed by atoms with Crippen LogP contribution in [0, 0.1) is 5.82 Å². The van der Waals surface area contributed by atoms with E-state index in [0.29, 0.717) is 5.75 Å². The standard InChI is InChI=1S/C16H16FNO2S/c1-21-15-4-2-3-13(11-15)18-16(19)9-10-20-14-7-5-12(17)6-8-14/h2-8,11H,9-10H2,1H3,(H,18,19). The van der Waals surface area contributed by atoms with Crippen LogP contribution < -0.4 is 10.1 Å². The zero-order chi connectivity index (χ0) is 15.1. The van der Waals surface area contributed by atoms with Crippen molar-refractivity contribution in [2.24, 2.45) is 0 Å². The lowest BCUT2D eigenvalue weighted by atomic mass is 10.3. The molecule has 1 amide bonds. The van der Waals surface area contributed by atoms with E-state index in [-0.39, 0.29) is 24.8 Å². The van der Waals surface area contributed by atoms with Crippen LogP contribution >= 0.6 is 11.8 Å². The zero-order valence-corrected chi connectivity index (χ0v) is 12.5. The maximum absolute atomic E-state index is 12.7. The van der Waals surface area contributed by atoms with E-state index < -0.39 is 0 Å². The summed E-state index contributed by atoms with van der Waals surface area (Å²) in [7, 11) is 0. The van der Waals surface area contributed by atoms with Crippen LogP contribution in [0.5, 0.6) is 5.75 Å². The van der Waals surface area contributed by atoms with Gasteiger partial charge in [-0.2, -0.15) is 0 Å². The normalized spacial score (nSPS) is 10.2. The molecule has 0 saturated carbocycles. The Hall–Kier alpha value is -2.01. The Morgan fingerprint density at radius 3 is 2.71 bits per heavy atom. The minimum atomic E-state index is -0.311. The Balaban J connectivity index is 1.78. The summed E-state index contributed by atoms with van der Waals surface area (Å²) in [6.45, 7) is 0.250. The van der Waals surface area contributed by atoms with Gasteiger partial charge in [-0.25, -0.2) is 4.39 Å². The SMILES string of the molecule is CSc1cccc(NC(=O)CCOc2ccc(F)cc2)c1. The van der Waals surface area contributed by atoms with Crippen LogP contribution in [0.3, 0.4) is 0 Å². The summed E-state index contributed by atoms with van der Waals surface area (Å²) >= 11 is 1.62. The van der Waals surface area contributed by atoms with Gasteiger partial charge in [0.1, 0.15) is 11.6 Å². The summed E-state index contributed by atoms with van der Waals surface area (Å²) in [5.74, 6) is 0.123. The van der Waals surface area contributed by atoms with Crippen molar-refractivity contribution < 1.29 is 13.9 Å². The van der Waals surface area contributed by atoms with E-state index in [1.54, 1.807) is 11.8 Å². The van der Waals surface area contributed by atoms with Crippen LogP contribution in [-0.2, 0) is 4.79 Å². The molecular formula is C16H16FNO2S. The molecule has 2 aromatic rings. The molecule has 0 aliphatic heterocycles. The number of nitrogens with one attached hydrogen (secondary N) is 1. The average molecular weight is 305 g/mol. The number of anilines is 1. The minimum absolute atomic E-state index is 0.115. The third-order valence-electron chi connectivity index (χ3n) is 2.76. The molecule has 0 aromatic heterocycles. The monoisotopic (exact) mass is 305 g/mol. The molecule has 0 radical (unpaired) electrons. The minimum Gasteiger partial charge on any atom is -0.493 e. The largest absolute Gasteiger partial charge is 0.493 e. The molecule has 0 aliphatic rings.